The number of hydrogen-bond donors (Lipinski definition) is 2. The minimum atomic E-state index is -3.95. The highest BCUT2D eigenvalue weighted by Crippen LogP contribution is 2.23. The number of rotatable bonds is 8. The SMILES string of the molecule is COCCOc1ccc(S(=O)(=O)Nc2ccc(C)c(S(N)(=O)=O)c2)cc1. The number of methoxy groups -OCH3 is 1. The first-order valence-electron chi connectivity index (χ1n) is 7.51. The summed E-state index contributed by atoms with van der Waals surface area (Å²) in [5.41, 5.74) is 0.521. The van der Waals surface area contributed by atoms with Gasteiger partial charge in [-0.05, 0) is 48.9 Å². The standard InChI is InChI=1S/C16H20N2O6S2/c1-12-3-4-13(11-16(12)25(17,19)20)18-26(21,22)15-7-5-14(6-8-15)24-10-9-23-2/h3-8,11,18H,9-10H2,1-2H3,(H2,17,19,20). The Morgan fingerprint density at radius 1 is 1.00 bits per heavy atom. The lowest BCUT2D eigenvalue weighted by atomic mass is 10.2. The number of nitrogens with two attached hydrogens (primary N) is 1. The molecule has 0 aromatic heterocycles. The van der Waals surface area contributed by atoms with E-state index in [9.17, 15) is 16.8 Å². The van der Waals surface area contributed by atoms with Crippen LogP contribution in [0.4, 0.5) is 5.69 Å². The van der Waals surface area contributed by atoms with Crippen LogP contribution in [0.5, 0.6) is 5.75 Å². The van der Waals surface area contributed by atoms with Crippen LogP contribution in [-0.2, 0) is 24.8 Å². The molecule has 2 aromatic carbocycles. The molecule has 142 valence electrons. The van der Waals surface area contributed by atoms with Gasteiger partial charge in [0.25, 0.3) is 10.0 Å². The molecule has 0 unspecified atom stereocenters. The Balaban J connectivity index is 2.21. The van der Waals surface area contributed by atoms with Crippen LogP contribution in [0, 0.1) is 6.92 Å². The van der Waals surface area contributed by atoms with E-state index in [0.717, 1.165) is 0 Å². The van der Waals surface area contributed by atoms with Gasteiger partial charge in [-0.2, -0.15) is 0 Å². The van der Waals surface area contributed by atoms with Crippen molar-refractivity contribution in [1.29, 1.82) is 0 Å². The van der Waals surface area contributed by atoms with Crippen molar-refractivity contribution in [3.8, 4) is 5.75 Å². The van der Waals surface area contributed by atoms with Crippen molar-refractivity contribution < 1.29 is 26.3 Å². The second-order valence-corrected chi connectivity index (χ2v) is 8.66. The van der Waals surface area contributed by atoms with Crippen LogP contribution in [0.1, 0.15) is 5.56 Å². The number of hydrogen-bond acceptors (Lipinski definition) is 6. The van der Waals surface area contributed by atoms with Gasteiger partial charge in [-0.25, -0.2) is 22.0 Å². The minimum Gasteiger partial charge on any atom is -0.491 e. The first-order chi connectivity index (χ1) is 12.1. The summed E-state index contributed by atoms with van der Waals surface area (Å²) in [5, 5.41) is 5.14. The van der Waals surface area contributed by atoms with Crippen LogP contribution < -0.4 is 14.6 Å². The van der Waals surface area contributed by atoms with Crippen LogP contribution in [0.3, 0.4) is 0 Å². The van der Waals surface area contributed by atoms with Crippen molar-refractivity contribution in [2.75, 3.05) is 25.0 Å². The lowest BCUT2D eigenvalue weighted by Crippen LogP contribution is -2.16. The zero-order valence-corrected chi connectivity index (χ0v) is 15.9. The van der Waals surface area contributed by atoms with E-state index in [1.54, 1.807) is 14.0 Å². The van der Waals surface area contributed by atoms with Crippen molar-refractivity contribution in [2.45, 2.75) is 16.7 Å². The number of anilines is 1. The Bertz CT molecular complexity index is 970. The number of sulfonamides is 2. The predicted molar refractivity (Wildman–Crippen MR) is 97.2 cm³/mol. The zero-order valence-electron chi connectivity index (χ0n) is 14.3. The van der Waals surface area contributed by atoms with E-state index in [1.807, 2.05) is 0 Å². The van der Waals surface area contributed by atoms with Crippen LogP contribution >= 0.6 is 0 Å². The number of ether oxygens (including phenoxy) is 2. The van der Waals surface area contributed by atoms with Crippen molar-refractivity contribution in [3.63, 3.8) is 0 Å². The molecule has 0 aliphatic rings. The summed E-state index contributed by atoms with van der Waals surface area (Å²) in [6, 6.07) is 9.95. The van der Waals surface area contributed by atoms with Gasteiger partial charge >= 0.3 is 0 Å². The Morgan fingerprint density at radius 3 is 2.23 bits per heavy atom. The third kappa shape index (κ3) is 5.18. The molecule has 10 heteroatoms. The van der Waals surface area contributed by atoms with E-state index in [0.29, 0.717) is 24.5 Å². The van der Waals surface area contributed by atoms with Gasteiger partial charge in [0.1, 0.15) is 12.4 Å². The normalized spacial score (nSPS) is 12.0. The van der Waals surface area contributed by atoms with Crippen molar-refractivity contribution in [3.05, 3.63) is 48.0 Å². The fraction of sp³-hybridized carbons (Fsp3) is 0.250. The third-order valence-corrected chi connectivity index (χ3v) is 5.89. The van der Waals surface area contributed by atoms with Crippen molar-refractivity contribution in [1.82, 2.24) is 0 Å². The molecule has 0 spiro atoms. The maximum Gasteiger partial charge on any atom is 0.261 e. The third-order valence-electron chi connectivity index (χ3n) is 3.44. The maximum absolute atomic E-state index is 12.5. The first kappa shape index (κ1) is 20.2. The number of primary sulfonamides is 1. The van der Waals surface area contributed by atoms with E-state index in [1.165, 1.54) is 42.5 Å². The monoisotopic (exact) mass is 400 g/mol. The fourth-order valence-electron chi connectivity index (χ4n) is 2.14. The molecule has 8 nitrogen and oxygen atoms in total. The van der Waals surface area contributed by atoms with E-state index in [-0.39, 0.29) is 15.5 Å². The number of aryl methyl sites for hydroxylation is 1. The summed E-state index contributed by atoms with van der Waals surface area (Å²) in [6.45, 7) is 2.34. The van der Waals surface area contributed by atoms with Crippen LogP contribution in [0.2, 0.25) is 0 Å². The Morgan fingerprint density at radius 2 is 1.65 bits per heavy atom. The molecule has 0 radical (unpaired) electrons. The van der Waals surface area contributed by atoms with Crippen LogP contribution in [0.15, 0.2) is 52.3 Å². The number of nitrogens with one attached hydrogen (secondary N) is 1. The summed E-state index contributed by atoms with van der Waals surface area (Å²) in [5.74, 6) is 0.507. The Hall–Kier alpha value is -2.14. The van der Waals surface area contributed by atoms with Crippen LogP contribution in [-0.4, -0.2) is 37.2 Å². The molecule has 26 heavy (non-hydrogen) atoms. The lowest BCUT2D eigenvalue weighted by molar-refractivity contribution is 0.146. The van der Waals surface area contributed by atoms with E-state index >= 15 is 0 Å². The van der Waals surface area contributed by atoms with Crippen molar-refractivity contribution in [2.24, 2.45) is 5.14 Å². The fourth-order valence-corrected chi connectivity index (χ4v) is 4.00. The van der Waals surface area contributed by atoms with Gasteiger partial charge in [-0.15, -0.1) is 0 Å². The van der Waals surface area contributed by atoms with Gasteiger partial charge < -0.3 is 9.47 Å². The molecule has 0 aliphatic carbocycles. The molecule has 0 fully saturated rings. The smallest absolute Gasteiger partial charge is 0.261 e. The Kier molecular flexibility index (Phi) is 6.24. The van der Waals surface area contributed by atoms with E-state index in [4.69, 9.17) is 14.6 Å². The molecule has 3 N–H and O–H groups in total. The quantitative estimate of drug-likeness (QED) is 0.647. The maximum atomic E-state index is 12.5. The van der Waals surface area contributed by atoms with Gasteiger partial charge in [0.2, 0.25) is 10.0 Å². The van der Waals surface area contributed by atoms with Crippen LogP contribution in [0.25, 0.3) is 0 Å². The molecular formula is C16H20N2O6S2. The van der Waals surface area contributed by atoms with Crippen molar-refractivity contribution >= 4 is 25.7 Å². The molecule has 0 atom stereocenters. The molecule has 0 amide bonds. The van der Waals surface area contributed by atoms with Gasteiger partial charge in [0.05, 0.1) is 22.1 Å². The van der Waals surface area contributed by atoms with Gasteiger partial charge in [0, 0.05) is 7.11 Å². The van der Waals surface area contributed by atoms with Gasteiger partial charge in [0.15, 0.2) is 0 Å². The molecule has 0 saturated carbocycles. The Labute approximate surface area is 153 Å². The molecular weight excluding hydrogens is 380 g/mol. The topological polar surface area (TPSA) is 125 Å². The largest absolute Gasteiger partial charge is 0.491 e. The highest BCUT2D eigenvalue weighted by atomic mass is 32.2. The molecule has 2 aromatic rings. The van der Waals surface area contributed by atoms with E-state index in [2.05, 4.69) is 4.72 Å². The second kappa shape index (κ2) is 8.04. The average Bonchev–Trinajstić information content (AvgIpc) is 2.56. The summed E-state index contributed by atoms with van der Waals surface area (Å²) in [7, 11) is -6.30. The minimum absolute atomic E-state index is 0.00863. The highest BCUT2D eigenvalue weighted by Gasteiger charge is 2.17. The molecule has 0 heterocycles. The summed E-state index contributed by atoms with van der Waals surface area (Å²) in [6.07, 6.45) is 0. The van der Waals surface area contributed by atoms with E-state index < -0.39 is 20.0 Å². The first-order valence-corrected chi connectivity index (χ1v) is 10.5. The summed E-state index contributed by atoms with van der Waals surface area (Å²) < 4.78 is 60.6. The van der Waals surface area contributed by atoms with Gasteiger partial charge in [-0.1, -0.05) is 6.07 Å². The number of benzene rings is 2. The van der Waals surface area contributed by atoms with Gasteiger partial charge in [-0.3, -0.25) is 4.72 Å². The highest BCUT2D eigenvalue weighted by molar-refractivity contribution is 7.92. The molecule has 0 bridgehead atoms. The average molecular weight is 400 g/mol. The molecule has 2 rings (SSSR count). The zero-order chi connectivity index (χ0) is 19.4. The molecule has 0 saturated heterocycles. The lowest BCUT2D eigenvalue weighted by Gasteiger charge is -2.11. The summed E-state index contributed by atoms with van der Waals surface area (Å²) in [4.78, 5) is -0.131. The summed E-state index contributed by atoms with van der Waals surface area (Å²) >= 11 is 0. The predicted octanol–water partition coefficient (Wildman–Crippen LogP) is 1.47. The molecule has 0 aliphatic heterocycles. The second-order valence-electron chi connectivity index (χ2n) is 5.44.